The molecular formula is C23H29ClN2O3. The number of amides is 1. The molecule has 0 bridgehead atoms. The largest absolute Gasteiger partial charge is 0.495 e. The van der Waals surface area contributed by atoms with Crippen LogP contribution in [0, 0.1) is 0 Å². The second-order valence-corrected chi connectivity index (χ2v) is 7.99. The number of methoxy groups -OCH3 is 1. The summed E-state index contributed by atoms with van der Waals surface area (Å²) >= 11 is 6.07. The van der Waals surface area contributed by atoms with Gasteiger partial charge in [0.15, 0.2) is 0 Å². The highest BCUT2D eigenvalue weighted by molar-refractivity contribution is 6.31. The highest BCUT2D eigenvalue weighted by Crippen LogP contribution is 2.28. The highest BCUT2D eigenvalue weighted by atomic mass is 35.5. The summed E-state index contributed by atoms with van der Waals surface area (Å²) in [5.41, 5.74) is 2.67. The molecule has 0 radical (unpaired) electrons. The number of pyridine rings is 1. The van der Waals surface area contributed by atoms with Crippen molar-refractivity contribution in [3.05, 3.63) is 56.5 Å². The number of anilines is 1. The number of hydrogen-bond donors (Lipinski definition) is 1. The molecule has 0 fully saturated rings. The van der Waals surface area contributed by atoms with Gasteiger partial charge in [-0.05, 0) is 61.9 Å². The van der Waals surface area contributed by atoms with Gasteiger partial charge in [-0.25, -0.2) is 0 Å². The molecule has 2 aromatic rings. The number of carbonyl (C=O) groups is 1. The minimum atomic E-state index is -0.425. The first-order valence-electron chi connectivity index (χ1n) is 10.5. The zero-order valence-electron chi connectivity index (χ0n) is 17.2. The first-order chi connectivity index (χ1) is 14.0. The molecule has 1 N–H and O–H groups in total. The maximum Gasteiger partial charge on any atom is 0.263 e. The van der Waals surface area contributed by atoms with E-state index < -0.39 is 5.91 Å². The topological polar surface area (TPSA) is 60.3 Å². The van der Waals surface area contributed by atoms with E-state index in [9.17, 15) is 9.59 Å². The van der Waals surface area contributed by atoms with Gasteiger partial charge in [0.1, 0.15) is 11.3 Å². The number of aromatic nitrogens is 1. The normalized spacial score (nSPS) is 13.9. The number of fused-ring (bicyclic) bond motifs is 1. The van der Waals surface area contributed by atoms with Gasteiger partial charge in [0.2, 0.25) is 0 Å². The Bertz CT molecular complexity index is 936. The van der Waals surface area contributed by atoms with E-state index in [2.05, 4.69) is 12.2 Å². The Labute approximate surface area is 177 Å². The third-order valence-corrected chi connectivity index (χ3v) is 5.73. The number of nitrogens with one attached hydrogen (secondary N) is 1. The van der Waals surface area contributed by atoms with Crippen molar-refractivity contribution in [2.24, 2.45) is 0 Å². The minimum absolute atomic E-state index is 0.183. The molecule has 3 rings (SSSR count). The van der Waals surface area contributed by atoms with Gasteiger partial charge < -0.3 is 14.6 Å². The number of benzene rings is 1. The fourth-order valence-corrected chi connectivity index (χ4v) is 4.09. The van der Waals surface area contributed by atoms with Crippen LogP contribution in [0.2, 0.25) is 5.02 Å². The number of aryl methyl sites for hydroxylation is 1. The SMILES string of the molecule is CCCCn1c2c(cc(C(=O)Nc3cc(Cl)ccc3OC)c1=O)CCCCCC2. The Morgan fingerprint density at radius 3 is 2.66 bits per heavy atom. The quantitative estimate of drug-likeness (QED) is 0.702. The van der Waals surface area contributed by atoms with E-state index in [1.807, 2.05) is 4.57 Å². The van der Waals surface area contributed by atoms with Crippen molar-refractivity contribution in [1.29, 1.82) is 0 Å². The molecule has 1 aromatic carbocycles. The van der Waals surface area contributed by atoms with Gasteiger partial charge in [-0.15, -0.1) is 0 Å². The van der Waals surface area contributed by atoms with Crippen molar-refractivity contribution in [2.45, 2.75) is 64.8 Å². The molecule has 1 aliphatic carbocycles. The summed E-state index contributed by atoms with van der Waals surface area (Å²) in [6.07, 6.45) is 8.27. The number of hydrogen-bond acceptors (Lipinski definition) is 3. The summed E-state index contributed by atoms with van der Waals surface area (Å²) in [6.45, 7) is 2.76. The van der Waals surface area contributed by atoms with Crippen molar-refractivity contribution in [3.8, 4) is 5.75 Å². The smallest absolute Gasteiger partial charge is 0.263 e. The zero-order chi connectivity index (χ0) is 20.8. The summed E-state index contributed by atoms with van der Waals surface area (Å²) in [7, 11) is 1.53. The van der Waals surface area contributed by atoms with E-state index in [1.54, 1.807) is 24.3 Å². The van der Waals surface area contributed by atoms with Gasteiger partial charge in [0.25, 0.3) is 11.5 Å². The lowest BCUT2D eigenvalue weighted by Crippen LogP contribution is -2.33. The van der Waals surface area contributed by atoms with Crippen LogP contribution in [0.1, 0.15) is 67.1 Å². The van der Waals surface area contributed by atoms with E-state index in [1.165, 1.54) is 20.0 Å². The van der Waals surface area contributed by atoms with Crippen LogP contribution in [0.25, 0.3) is 0 Å². The van der Waals surface area contributed by atoms with E-state index in [-0.39, 0.29) is 11.1 Å². The van der Waals surface area contributed by atoms with Gasteiger partial charge >= 0.3 is 0 Å². The highest BCUT2D eigenvalue weighted by Gasteiger charge is 2.21. The molecule has 1 aromatic heterocycles. The maximum atomic E-state index is 13.2. The summed E-state index contributed by atoms with van der Waals surface area (Å²) in [4.78, 5) is 26.3. The lowest BCUT2D eigenvalue weighted by atomic mass is 9.95. The Hall–Kier alpha value is -2.27. The molecule has 0 aliphatic heterocycles. The molecule has 6 heteroatoms. The van der Waals surface area contributed by atoms with Crippen molar-refractivity contribution in [2.75, 3.05) is 12.4 Å². The summed E-state index contributed by atoms with van der Waals surface area (Å²) in [6, 6.07) is 6.82. The van der Waals surface area contributed by atoms with Crippen molar-refractivity contribution in [3.63, 3.8) is 0 Å². The minimum Gasteiger partial charge on any atom is -0.495 e. The van der Waals surface area contributed by atoms with Gasteiger partial charge in [0, 0.05) is 17.3 Å². The van der Waals surface area contributed by atoms with Crippen LogP contribution in [0.4, 0.5) is 5.69 Å². The average Bonchev–Trinajstić information content (AvgIpc) is 2.68. The maximum absolute atomic E-state index is 13.2. The second kappa shape index (κ2) is 9.97. The Kier molecular flexibility index (Phi) is 7.37. The van der Waals surface area contributed by atoms with Crippen molar-refractivity contribution >= 4 is 23.2 Å². The molecule has 5 nitrogen and oxygen atoms in total. The van der Waals surface area contributed by atoms with Gasteiger partial charge in [0.05, 0.1) is 12.8 Å². The third kappa shape index (κ3) is 5.02. The first kappa shape index (κ1) is 21.4. The molecule has 1 aliphatic rings. The number of carbonyl (C=O) groups excluding carboxylic acids is 1. The lowest BCUT2D eigenvalue weighted by molar-refractivity contribution is 0.102. The number of nitrogens with zero attached hydrogens (tertiary/aromatic N) is 1. The Morgan fingerprint density at radius 1 is 1.17 bits per heavy atom. The molecule has 0 saturated heterocycles. The fourth-order valence-electron chi connectivity index (χ4n) is 3.92. The summed E-state index contributed by atoms with van der Waals surface area (Å²) < 4.78 is 7.15. The monoisotopic (exact) mass is 416 g/mol. The molecule has 0 spiro atoms. The molecule has 0 unspecified atom stereocenters. The summed E-state index contributed by atoms with van der Waals surface area (Å²) in [5.74, 6) is 0.0750. The molecular weight excluding hydrogens is 388 g/mol. The van der Waals surface area contributed by atoms with Crippen molar-refractivity contribution in [1.82, 2.24) is 4.57 Å². The van der Waals surface area contributed by atoms with Crippen LogP contribution in [0.15, 0.2) is 29.1 Å². The van der Waals surface area contributed by atoms with Crippen LogP contribution >= 0.6 is 11.6 Å². The predicted molar refractivity (Wildman–Crippen MR) is 117 cm³/mol. The Balaban J connectivity index is 2.02. The third-order valence-electron chi connectivity index (χ3n) is 5.49. The van der Waals surface area contributed by atoms with Crippen LogP contribution in [-0.2, 0) is 19.4 Å². The number of halogens is 1. The first-order valence-corrected chi connectivity index (χ1v) is 10.8. The molecule has 156 valence electrons. The van der Waals surface area contributed by atoms with Crippen LogP contribution in [0.3, 0.4) is 0 Å². The lowest BCUT2D eigenvalue weighted by Gasteiger charge is -2.21. The van der Waals surface area contributed by atoms with Gasteiger partial charge in [-0.2, -0.15) is 0 Å². The zero-order valence-corrected chi connectivity index (χ0v) is 18.0. The predicted octanol–water partition coefficient (Wildman–Crippen LogP) is 5.22. The molecule has 0 atom stereocenters. The van der Waals surface area contributed by atoms with E-state index >= 15 is 0 Å². The average molecular weight is 417 g/mol. The van der Waals surface area contributed by atoms with Gasteiger partial charge in [-0.1, -0.05) is 37.8 Å². The number of rotatable bonds is 6. The number of unbranched alkanes of at least 4 members (excludes halogenated alkanes) is 1. The molecule has 0 saturated carbocycles. The van der Waals surface area contributed by atoms with Crippen LogP contribution in [0.5, 0.6) is 5.75 Å². The van der Waals surface area contributed by atoms with E-state index in [4.69, 9.17) is 16.3 Å². The summed E-state index contributed by atoms with van der Waals surface area (Å²) in [5, 5.41) is 3.30. The van der Waals surface area contributed by atoms with Crippen molar-refractivity contribution < 1.29 is 9.53 Å². The Morgan fingerprint density at radius 2 is 1.93 bits per heavy atom. The van der Waals surface area contributed by atoms with E-state index in [0.29, 0.717) is 23.0 Å². The number of ether oxygens (including phenoxy) is 1. The van der Waals surface area contributed by atoms with Crippen LogP contribution < -0.4 is 15.6 Å². The standard InChI is InChI=1S/C23H29ClN2O3/c1-3-4-13-26-20-10-8-6-5-7-9-16(20)14-18(23(26)28)22(27)25-19-15-17(24)11-12-21(19)29-2/h11-12,14-15H,3-10,13H2,1-2H3,(H,25,27). The molecule has 1 heterocycles. The molecule has 1 amide bonds. The molecule has 29 heavy (non-hydrogen) atoms. The van der Waals surface area contributed by atoms with E-state index in [0.717, 1.165) is 49.8 Å². The van der Waals surface area contributed by atoms with Gasteiger partial charge in [-0.3, -0.25) is 9.59 Å². The second-order valence-electron chi connectivity index (χ2n) is 7.55. The van der Waals surface area contributed by atoms with Crippen LogP contribution in [-0.4, -0.2) is 17.6 Å². The fraction of sp³-hybridized carbons (Fsp3) is 0.478.